The van der Waals surface area contributed by atoms with Crippen LogP contribution in [-0.4, -0.2) is 29.6 Å². The predicted molar refractivity (Wildman–Crippen MR) is 107 cm³/mol. The minimum absolute atomic E-state index is 0.116. The number of para-hydroxylation sites is 1. The standard InChI is InChI=1S/C22H21N3O2/c1-24(18-8-10-19(26)11-9-18)22(27)17-12-13-23-21(15-17)25-14-4-6-16-5-2-3-7-20(16)25/h2-3,5,7-13,15,26H,4,6,14H2,1H3. The van der Waals surface area contributed by atoms with Crippen molar-refractivity contribution in [1.29, 1.82) is 0 Å². The molecule has 0 saturated heterocycles. The monoisotopic (exact) mass is 359 g/mol. The first-order chi connectivity index (χ1) is 13.1. The number of aromatic nitrogens is 1. The number of benzene rings is 2. The van der Waals surface area contributed by atoms with Crippen molar-refractivity contribution in [1.82, 2.24) is 4.98 Å². The maximum atomic E-state index is 12.9. The molecule has 0 aliphatic carbocycles. The zero-order chi connectivity index (χ0) is 18.8. The number of carbonyl (C=O) groups is 1. The van der Waals surface area contributed by atoms with Gasteiger partial charge in [0.25, 0.3) is 5.91 Å². The normalized spacial score (nSPS) is 13.1. The fourth-order valence-corrected chi connectivity index (χ4v) is 3.46. The third kappa shape index (κ3) is 3.36. The van der Waals surface area contributed by atoms with Crippen LogP contribution in [0.5, 0.6) is 5.75 Å². The minimum atomic E-state index is -0.116. The second-order valence-corrected chi connectivity index (χ2v) is 6.67. The van der Waals surface area contributed by atoms with Crippen LogP contribution in [0, 0.1) is 0 Å². The summed E-state index contributed by atoms with van der Waals surface area (Å²) in [6.07, 6.45) is 3.81. The molecule has 5 heteroatoms. The zero-order valence-corrected chi connectivity index (χ0v) is 15.2. The molecule has 0 fully saturated rings. The van der Waals surface area contributed by atoms with Gasteiger partial charge in [-0.3, -0.25) is 4.79 Å². The Kier molecular flexibility index (Phi) is 4.50. The molecule has 4 rings (SSSR count). The van der Waals surface area contributed by atoms with Crippen LogP contribution in [0.3, 0.4) is 0 Å². The van der Waals surface area contributed by atoms with E-state index >= 15 is 0 Å². The number of carbonyl (C=O) groups excluding carboxylic acids is 1. The summed E-state index contributed by atoms with van der Waals surface area (Å²) in [5.74, 6) is 0.844. The smallest absolute Gasteiger partial charge is 0.258 e. The SMILES string of the molecule is CN(C(=O)c1ccnc(N2CCCc3ccccc32)c1)c1ccc(O)cc1. The molecule has 0 bridgehead atoms. The lowest BCUT2D eigenvalue weighted by molar-refractivity contribution is 0.0993. The number of aryl methyl sites for hydroxylation is 1. The highest BCUT2D eigenvalue weighted by Crippen LogP contribution is 2.32. The number of aromatic hydroxyl groups is 1. The number of amides is 1. The molecule has 0 unspecified atom stereocenters. The molecule has 3 aromatic rings. The van der Waals surface area contributed by atoms with Crippen molar-refractivity contribution in [2.75, 3.05) is 23.4 Å². The lowest BCUT2D eigenvalue weighted by atomic mass is 10.0. The van der Waals surface area contributed by atoms with E-state index < -0.39 is 0 Å². The molecule has 2 aromatic carbocycles. The molecule has 0 atom stereocenters. The van der Waals surface area contributed by atoms with Crippen LogP contribution in [0.15, 0.2) is 66.9 Å². The van der Waals surface area contributed by atoms with E-state index in [-0.39, 0.29) is 11.7 Å². The number of pyridine rings is 1. The highest BCUT2D eigenvalue weighted by Gasteiger charge is 2.21. The van der Waals surface area contributed by atoms with E-state index in [1.54, 1.807) is 48.5 Å². The van der Waals surface area contributed by atoms with Gasteiger partial charge in [0.2, 0.25) is 0 Å². The first kappa shape index (κ1) is 17.1. The van der Waals surface area contributed by atoms with Gasteiger partial charge in [0.05, 0.1) is 0 Å². The van der Waals surface area contributed by atoms with E-state index in [0.29, 0.717) is 5.56 Å². The van der Waals surface area contributed by atoms with Crippen molar-refractivity contribution < 1.29 is 9.90 Å². The number of anilines is 3. The Bertz CT molecular complexity index is 969. The Morgan fingerprint density at radius 3 is 2.70 bits per heavy atom. The molecule has 136 valence electrons. The van der Waals surface area contributed by atoms with Gasteiger partial charge in [-0.1, -0.05) is 18.2 Å². The van der Waals surface area contributed by atoms with Crippen molar-refractivity contribution in [3.8, 4) is 5.75 Å². The maximum Gasteiger partial charge on any atom is 0.258 e. The minimum Gasteiger partial charge on any atom is -0.508 e. The Morgan fingerprint density at radius 1 is 1.11 bits per heavy atom. The Labute approximate surface area is 158 Å². The topological polar surface area (TPSA) is 56.7 Å². The maximum absolute atomic E-state index is 12.9. The summed E-state index contributed by atoms with van der Waals surface area (Å²) in [7, 11) is 1.73. The van der Waals surface area contributed by atoms with E-state index in [4.69, 9.17) is 0 Å². The summed E-state index contributed by atoms with van der Waals surface area (Å²) in [6.45, 7) is 0.884. The number of hydrogen-bond acceptors (Lipinski definition) is 4. The molecule has 1 N–H and O–H groups in total. The summed E-state index contributed by atoms with van der Waals surface area (Å²) in [4.78, 5) is 21.2. The second-order valence-electron chi connectivity index (χ2n) is 6.67. The van der Waals surface area contributed by atoms with Gasteiger partial charge in [0.1, 0.15) is 11.6 Å². The fraction of sp³-hybridized carbons (Fsp3) is 0.182. The molecule has 0 spiro atoms. The Morgan fingerprint density at radius 2 is 1.89 bits per heavy atom. The molecule has 1 aromatic heterocycles. The average molecular weight is 359 g/mol. The van der Waals surface area contributed by atoms with Crippen molar-refractivity contribution in [3.63, 3.8) is 0 Å². The predicted octanol–water partition coefficient (Wildman–Crippen LogP) is 4.15. The van der Waals surface area contributed by atoms with Crippen LogP contribution < -0.4 is 9.80 Å². The third-order valence-corrected chi connectivity index (χ3v) is 4.92. The molecule has 2 heterocycles. The van der Waals surface area contributed by atoms with E-state index in [1.807, 2.05) is 12.1 Å². The quantitative estimate of drug-likeness (QED) is 0.763. The molecule has 27 heavy (non-hydrogen) atoms. The lowest BCUT2D eigenvalue weighted by Gasteiger charge is -2.30. The molecule has 0 saturated carbocycles. The number of phenolic OH excluding ortho intramolecular Hbond substituents is 1. The number of nitrogens with zero attached hydrogens (tertiary/aromatic N) is 3. The van der Waals surface area contributed by atoms with Crippen LogP contribution in [-0.2, 0) is 6.42 Å². The van der Waals surface area contributed by atoms with E-state index in [0.717, 1.165) is 36.6 Å². The number of hydrogen-bond donors (Lipinski definition) is 1. The summed E-state index contributed by atoms with van der Waals surface area (Å²) in [5.41, 5.74) is 3.77. The number of fused-ring (bicyclic) bond motifs is 1. The van der Waals surface area contributed by atoms with Gasteiger partial charge in [-0.2, -0.15) is 0 Å². The van der Waals surface area contributed by atoms with Gasteiger partial charge in [-0.15, -0.1) is 0 Å². The molecule has 1 aliphatic heterocycles. The largest absolute Gasteiger partial charge is 0.508 e. The highest BCUT2D eigenvalue weighted by molar-refractivity contribution is 6.06. The Balaban J connectivity index is 1.63. The molecule has 1 aliphatic rings. The van der Waals surface area contributed by atoms with Crippen LogP contribution in [0.4, 0.5) is 17.2 Å². The molecular weight excluding hydrogens is 338 g/mol. The highest BCUT2D eigenvalue weighted by atomic mass is 16.3. The van der Waals surface area contributed by atoms with Crippen molar-refractivity contribution in [3.05, 3.63) is 78.0 Å². The van der Waals surface area contributed by atoms with Crippen LogP contribution in [0.2, 0.25) is 0 Å². The van der Waals surface area contributed by atoms with Crippen molar-refractivity contribution in [2.45, 2.75) is 12.8 Å². The number of rotatable bonds is 3. The van der Waals surface area contributed by atoms with Crippen molar-refractivity contribution >= 4 is 23.1 Å². The molecule has 0 radical (unpaired) electrons. The van der Waals surface area contributed by atoms with Gasteiger partial charge in [0.15, 0.2) is 0 Å². The first-order valence-electron chi connectivity index (χ1n) is 9.02. The zero-order valence-electron chi connectivity index (χ0n) is 15.2. The van der Waals surface area contributed by atoms with Crippen molar-refractivity contribution in [2.24, 2.45) is 0 Å². The van der Waals surface area contributed by atoms with Gasteiger partial charge in [-0.05, 0) is 60.9 Å². The summed E-state index contributed by atoms with van der Waals surface area (Å²) < 4.78 is 0. The summed E-state index contributed by atoms with van der Waals surface area (Å²) in [6, 6.07) is 18.5. The average Bonchev–Trinajstić information content (AvgIpc) is 2.73. The van der Waals surface area contributed by atoms with Gasteiger partial charge in [0, 0.05) is 36.7 Å². The summed E-state index contributed by atoms with van der Waals surface area (Å²) >= 11 is 0. The van der Waals surface area contributed by atoms with E-state index in [9.17, 15) is 9.90 Å². The molecule has 1 amide bonds. The van der Waals surface area contributed by atoms with E-state index in [2.05, 4.69) is 28.1 Å². The van der Waals surface area contributed by atoms with Crippen LogP contribution in [0.25, 0.3) is 0 Å². The second kappa shape index (κ2) is 7.11. The molecular formula is C22H21N3O2. The summed E-state index contributed by atoms with van der Waals surface area (Å²) in [5, 5.41) is 9.44. The van der Waals surface area contributed by atoms with Gasteiger partial charge in [-0.25, -0.2) is 4.98 Å². The first-order valence-corrected chi connectivity index (χ1v) is 9.02. The van der Waals surface area contributed by atoms with Crippen LogP contribution >= 0.6 is 0 Å². The van der Waals surface area contributed by atoms with E-state index in [1.165, 1.54) is 5.56 Å². The lowest BCUT2D eigenvalue weighted by Crippen LogP contribution is -2.28. The Hall–Kier alpha value is -3.34. The van der Waals surface area contributed by atoms with Gasteiger partial charge >= 0.3 is 0 Å². The van der Waals surface area contributed by atoms with Gasteiger partial charge < -0.3 is 14.9 Å². The third-order valence-electron chi connectivity index (χ3n) is 4.92. The fourth-order valence-electron chi connectivity index (χ4n) is 3.46. The molecule has 5 nitrogen and oxygen atoms in total. The van der Waals surface area contributed by atoms with Crippen LogP contribution in [0.1, 0.15) is 22.3 Å². The number of phenols is 1.